The molecule has 1 saturated heterocycles. The Morgan fingerprint density at radius 1 is 1.46 bits per heavy atom. The second kappa shape index (κ2) is 8.24. The molecule has 0 aromatic heterocycles. The predicted octanol–water partition coefficient (Wildman–Crippen LogP) is 2.11. The third-order valence-electron chi connectivity index (χ3n) is 3.87. The van der Waals surface area contributed by atoms with Crippen LogP contribution < -0.4 is 15.4 Å². The van der Waals surface area contributed by atoms with E-state index >= 15 is 0 Å². The molecule has 0 radical (unpaired) electrons. The fraction of sp³-hybridized carbons (Fsp3) is 0.533. The lowest BCUT2D eigenvalue weighted by molar-refractivity contribution is -0.114. The fourth-order valence-electron chi connectivity index (χ4n) is 2.67. The van der Waals surface area contributed by atoms with Gasteiger partial charge in [0.25, 0.3) is 0 Å². The standard InChI is InChI=1S/C15H21ClFN3O3S/c1-10(21)20-14-8-13(17)15(7-12(14)16)24(22,23)19-6-4-11-3-2-5-18-9-11/h7-8,11,18-19H,2-6,9H2,1H3,(H,20,21). The van der Waals surface area contributed by atoms with E-state index in [0.29, 0.717) is 12.3 Å². The third-order valence-corrected chi connectivity index (χ3v) is 5.65. The molecule has 0 saturated carbocycles. The maximum absolute atomic E-state index is 14.1. The molecular weight excluding hydrogens is 357 g/mol. The normalized spacial score (nSPS) is 18.4. The zero-order chi connectivity index (χ0) is 17.7. The Labute approximate surface area is 146 Å². The second-order valence-electron chi connectivity index (χ2n) is 5.84. The molecule has 1 aromatic rings. The molecule has 1 atom stereocenters. The van der Waals surface area contributed by atoms with E-state index in [1.54, 1.807) is 0 Å². The summed E-state index contributed by atoms with van der Waals surface area (Å²) in [6.45, 7) is 3.35. The van der Waals surface area contributed by atoms with E-state index in [4.69, 9.17) is 11.6 Å². The van der Waals surface area contributed by atoms with Gasteiger partial charge in [0.1, 0.15) is 10.7 Å². The van der Waals surface area contributed by atoms with Gasteiger partial charge < -0.3 is 10.6 Å². The lowest BCUT2D eigenvalue weighted by Gasteiger charge is -2.22. The first-order valence-corrected chi connectivity index (χ1v) is 9.62. The first kappa shape index (κ1) is 19.1. The second-order valence-corrected chi connectivity index (χ2v) is 7.99. The zero-order valence-corrected chi connectivity index (χ0v) is 14.9. The Morgan fingerprint density at radius 3 is 2.83 bits per heavy atom. The van der Waals surface area contributed by atoms with Crippen molar-refractivity contribution in [3.8, 4) is 0 Å². The third kappa shape index (κ3) is 5.14. The molecule has 3 N–H and O–H groups in total. The van der Waals surface area contributed by atoms with E-state index in [1.807, 2.05) is 0 Å². The van der Waals surface area contributed by atoms with Gasteiger partial charge >= 0.3 is 0 Å². The minimum absolute atomic E-state index is 0.0360. The molecule has 9 heteroatoms. The van der Waals surface area contributed by atoms with Gasteiger partial charge in [-0.05, 0) is 44.3 Å². The molecule has 24 heavy (non-hydrogen) atoms. The van der Waals surface area contributed by atoms with E-state index in [1.165, 1.54) is 6.92 Å². The van der Waals surface area contributed by atoms with Crippen LogP contribution in [0.2, 0.25) is 5.02 Å². The van der Waals surface area contributed by atoms with Gasteiger partial charge in [-0.2, -0.15) is 0 Å². The molecule has 2 rings (SSSR count). The van der Waals surface area contributed by atoms with Crippen LogP contribution in [0.1, 0.15) is 26.2 Å². The van der Waals surface area contributed by atoms with Crippen LogP contribution in [0.5, 0.6) is 0 Å². The van der Waals surface area contributed by atoms with Crippen molar-refractivity contribution in [3.63, 3.8) is 0 Å². The largest absolute Gasteiger partial charge is 0.325 e. The van der Waals surface area contributed by atoms with Gasteiger partial charge in [-0.1, -0.05) is 11.6 Å². The van der Waals surface area contributed by atoms with Crippen molar-refractivity contribution in [1.29, 1.82) is 0 Å². The Hall–Kier alpha value is -1.22. The summed E-state index contributed by atoms with van der Waals surface area (Å²) in [6.07, 6.45) is 2.82. The summed E-state index contributed by atoms with van der Waals surface area (Å²) < 4.78 is 41.1. The van der Waals surface area contributed by atoms with Gasteiger partial charge in [-0.25, -0.2) is 17.5 Å². The highest BCUT2D eigenvalue weighted by Crippen LogP contribution is 2.28. The molecule has 0 bridgehead atoms. The number of carbonyl (C=O) groups excluding carboxylic acids is 1. The number of halogens is 2. The van der Waals surface area contributed by atoms with E-state index < -0.39 is 26.6 Å². The average molecular weight is 378 g/mol. The van der Waals surface area contributed by atoms with Gasteiger partial charge in [0, 0.05) is 19.5 Å². The molecule has 0 aliphatic carbocycles. The lowest BCUT2D eigenvalue weighted by atomic mass is 9.96. The van der Waals surface area contributed by atoms with Gasteiger partial charge in [0.05, 0.1) is 10.7 Å². The van der Waals surface area contributed by atoms with Crippen molar-refractivity contribution in [2.24, 2.45) is 5.92 Å². The van der Waals surface area contributed by atoms with E-state index in [2.05, 4.69) is 15.4 Å². The first-order valence-electron chi connectivity index (χ1n) is 7.76. The molecule has 1 aromatic carbocycles. The molecule has 1 unspecified atom stereocenters. The monoisotopic (exact) mass is 377 g/mol. The number of nitrogens with one attached hydrogen (secondary N) is 3. The maximum Gasteiger partial charge on any atom is 0.243 e. The molecular formula is C15H21ClFN3O3S. The Bertz CT molecular complexity index is 706. The number of amides is 1. The predicted molar refractivity (Wildman–Crippen MR) is 91.1 cm³/mol. The van der Waals surface area contributed by atoms with E-state index in [0.717, 1.165) is 38.1 Å². The van der Waals surface area contributed by atoms with Crippen LogP contribution in [-0.4, -0.2) is 34.0 Å². The Kier molecular flexibility index (Phi) is 6.56. The molecule has 1 fully saturated rings. The van der Waals surface area contributed by atoms with Gasteiger partial charge in [-0.15, -0.1) is 0 Å². The van der Waals surface area contributed by atoms with Crippen LogP contribution in [0, 0.1) is 11.7 Å². The number of benzene rings is 1. The minimum atomic E-state index is -4.00. The SMILES string of the molecule is CC(=O)Nc1cc(F)c(S(=O)(=O)NCCC2CCCNC2)cc1Cl. The number of sulfonamides is 1. The summed E-state index contributed by atoms with van der Waals surface area (Å²) in [5.74, 6) is -0.974. The first-order chi connectivity index (χ1) is 11.3. The van der Waals surface area contributed by atoms with Crippen molar-refractivity contribution in [2.75, 3.05) is 25.0 Å². The summed E-state index contributed by atoms with van der Waals surface area (Å²) in [5, 5.41) is 5.57. The molecule has 1 aliphatic rings. The van der Waals surface area contributed by atoms with Gasteiger partial charge in [-0.3, -0.25) is 4.79 Å². The molecule has 1 heterocycles. The fourth-order valence-corrected chi connectivity index (χ4v) is 4.07. The van der Waals surface area contributed by atoms with Crippen LogP contribution in [0.4, 0.5) is 10.1 Å². The molecule has 134 valence electrons. The summed E-state index contributed by atoms with van der Waals surface area (Å²) in [7, 11) is -4.00. The number of rotatable bonds is 6. The topological polar surface area (TPSA) is 87.3 Å². The summed E-state index contributed by atoms with van der Waals surface area (Å²) in [6, 6.07) is 1.91. The van der Waals surface area contributed by atoms with Crippen LogP contribution >= 0.6 is 11.6 Å². The smallest absolute Gasteiger partial charge is 0.243 e. The quantitative estimate of drug-likeness (QED) is 0.708. The number of hydrogen-bond donors (Lipinski definition) is 3. The molecule has 1 aliphatic heterocycles. The Balaban J connectivity index is 2.05. The van der Waals surface area contributed by atoms with Crippen molar-refractivity contribution in [1.82, 2.24) is 10.0 Å². The van der Waals surface area contributed by atoms with Crippen LogP contribution in [0.25, 0.3) is 0 Å². The van der Waals surface area contributed by atoms with Crippen LogP contribution in [-0.2, 0) is 14.8 Å². The molecule has 0 spiro atoms. The zero-order valence-electron chi connectivity index (χ0n) is 13.4. The summed E-state index contributed by atoms with van der Waals surface area (Å²) >= 11 is 5.93. The summed E-state index contributed by atoms with van der Waals surface area (Å²) in [4.78, 5) is 10.5. The minimum Gasteiger partial charge on any atom is -0.325 e. The molecule has 1 amide bonds. The Morgan fingerprint density at radius 2 is 2.21 bits per heavy atom. The van der Waals surface area contributed by atoms with Crippen molar-refractivity contribution < 1.29 is 17.6 Å². The van der Waals surface area contributed by atoms with E-state index in [-0.39, 0.29) is 17.3 Å². The highest BCUT2D eigenvalue weighted by Gasteiger charge is 2.22. The highest BCUT2D eigenvalue weighted by molar-refractivity contribution is 7.89. The van der Waals surface area contributed by atoms with Gasteiger partial charge in [0.15, 0.2) is 0 Å². The van der Waals surface area contributed by atoms with Gasteiger partial charge in [0.2, 0.25) is 15.9 Å². The highest BCUT2D eigenvalue weighted by atomic mass is 35.5. The van der Waals surface area contributed by atoms with Crippen molar-refractivity contribution in [2.45, 2.75) is 31.1 Å². The van der Waals surface area contributed by atoms with Crippen molar-refractivity contribution in [3.05, 3.63) is 23.0 Å². The van der Waals surface area contributed by atoms with Crippen molar-refractivity contribution >= 4 is 33.2 Å². The number of piperidine rings is 1. The number of hydrogen-bond acceptors (Lipinski definition) is 4. The molecule has 6 nitrogen and oxygen atoms in total. The van der Waals surface area contributed by atoms with Crippen LogP contribution in [0.3, 0.4) is 0 Å². The maximum atomic E-state index is 14.1. The number of anilines is 1. The van der Waals surface area contributed by atoms with Crippen LogP contribution in [0.15, 0.2) is 17.0 Å². The average Bonchev–Trinajstić information content (AvgIpc) is 2.51. The number of carbonyl (C=O) groups is 1. The lowest BCUT2D eigenvalue weighted by Crippen LogP contribution is -2.33. The van der Waals surface area contributed by atoms with E-state index in [9.17, 15) is 17.6 Å². The summed E-state index contributed by atoms with van der Waals surface area (Å²) in [5.41, 5.74) is 0.0360.